The van der Waals surface area contributed by atoms with E-state index in [0.29, 0.717) is 0 Å². The van der Waals surface area contributed by atoms with Crippen LogP contribution in [0.3, 0.4) is 0 Å². The molecular weight excluding hydrogens is 202 g/mol. The van der Waals surface area contributed by atoms with Crippen molar-refractivity contribution in [3.8, 4) is 0 Å². The Labute approximate surface area is 95.8 Å². The average molecular weight is 221 g/mol. The molecule has 1 saturated heterocycles. The van der Waals surface area contributed by atoms with Crippen LogP contribution in [0, 0.1) is 11.8 Å². The van der Waals surface area contributed by atoms with Crippen molar-refractivity contribution < 1.29 is 4.52 Å². The van der Waals surface area contributed by atoms with Crippen LogP contribution in [0.2, 0.25) is 0 Å². The summed E-state index contributed by atoms with van der Waals surface area (Å²) in [6.07, 6.45) is 7.13. The Bertz CT molecular complexity index is 340. The quantitative estimate of drug-likeness (QED) is 0.820. The first kappa shape index (κ1) is 10.3. The van der Waals surface area contributed by atoms with Crippen LogP contribution in [-0.2, 0) is 12.8 Å². The van der Waals surface area contributed by atoms with E-state index in [2.05, 4.69) is 15.5 Å². The van der Waals surface area contributed by atoms with Gasteiger partial charge in [-0.1, -0.05) is 5.16 Å². The third-order valence-electron chi connectivity index (χ3n) is 3.61. The van der Waals surface area contributed by atoms with Crippen LogP contribution in [0.4, 0.5) is 0 Å². The first-order valence-electron chi connectivity index (χ1n) is 6.42. The number of rotatable bonds is 5. The third kappa shape index (κ3) is 2.61. The van der Waals surface area contributed by atoms with Gasteiger partial charge in [0.25, 0.3) is 0 Å². The van der Waals surface area contributed by atoms with Gasteiger partial charge in [0.15, 0.2) is 5.82 Å². The Kier molecular flexibility index (Phi) is 2.91. The summed E-state index contributed by atoms with van der Waals surface area (Å²) in [5.41, 5.74) is 0. The first-order valence-corrected chi connectivity index (χ1v) is 6.42. The maximum absolute atomic E-state index is 5.27. The SMILES string of the molecule is C1CC(CCc2nc(CC3CC3)no2)CN1. The standard InChI is InChI=1S/C12H19N3O/c1-2-9(1)7-11-14-12(16-15-11)4-3-10-5-6-13-8-10/h9-10,13H,1-8H2. The molecule has 16 heavy (non-hydrogen) atoms. The van der Waals surface area contributed by atoms with Gasteiger partial charge in [0.05, 0.1) is 0 Å². The van der Waals surface area contributed by atoms with Gasteiger partial charge >= 0.3 is 0 Å². The number of nitrogens with one attached hydrogen (secondary N) is 1. The van der Waals surface area contributed by atoms with Crippen molar-refractivity contribution in [2.24, 2.45) is 11.8 Å². The minimum atomic E-state index is 0.804. The van der Waals surface area contributed by atoms with Gasteiger partial charge in [-0.25, -0.2) is 0 Å². The zero-order chi connectivity index (χ0) is 10.8. The Hall–Kier alpha value is -0.900. The molecule has 0 spiro atoms. The molecule has 2 aliphatic rings. The Morgan fingerprint density at radius 3 is 2.94 bits per heavy atom. The molecule has 3 rings (SSSR count). The van der Waals surface area contributed by atoms with Gasteiger partial charge in [-0.15, -0.1) is 0 Å². The molecule has 4 nitrogen and oxygen atoms in total. The minimum Gasteiger partial charge on any atom is -0.339 e. The van der Waals surface area contributed by atoms with Crippen LogP contribution >= 0.6 is 0 Å². The zero-order valence-electron chi connectivity index (χ0n) is 9.61. The number of aromatic nitrogens is 2. The highest BCUT2D eigenvalue weighted by molar-refractivity contribution is 4.92. The lowest BCUT2D eigenvalue weighted by molar-refractivity contribution is 0.360. The molecule has 2 fully saturated rings. The van der Waals surface area contributed by atoms with E-state index in [1.54, 1.807) is 0 Å². The van der Waals surface area contributed by atoms with Crippen molar-refractivity contribution in [3.05, 3.63) is 11.7 Å². The van der Waals surface area contributed by atoms with E-state index in [4.69, 9.17) is 4.52 Å². The molecule has 1 aliphatic heterocycles. The maximum atomic E-state index is 5.27. The van der Waals surface area contributed by atoms with Crippen molar-refractivity contribution in [2.75, 3.05) is 13.1 Å². The van der Waals surface area contributed by atoms with Gasteiger partial charge in [0, 0.05) is 12.8 Å². The van der Waals surface area contributed by atoms with Crippen LogP contribution in [0.5, 0.6) is 0 Å². The average Bonchev–Trinajstić information content (AvgIpc) is 2.81. The highest BCUT2D eigenvalue weighted by atomic mass is 16.5. The van der Waals surface area contributed by atoms with Crippen molar-refractivity contribution in [2.45, 2.75) is 38.5 Å². The molecule has 1 N–H and O–H groups in total. The zero-order valence-corrected chi connectivity index (χ0v) is 9.61. The van der Waals surface area contributed by atoms with Crippen LogP contribution in [0.1, 0.15) is 37.4 Å². The van der Waals surface area contributed by atoms with E-state index in [1.165, 1.54) is 32.2 Å². The highest BCUT2D eigenvalue weighted by Crippen LogP contribution is 2.31. The van der Waals surface area contributed by atoms with Crippen molar-refractivity contribution >= 4 is 0 Å². The van der Waals surface area contributed by atoms with E-state index in [0.717, 1.165) is 42.9 Å². The molecule has 88 valence electrons. The number of nitrogens with zero attached hydrogens (tertiary/aromatic N) is 2. The summed E-state index contributed by atoms with van der Waals surface area (Å²) in [5.74, 6) is 3.40. The molecule has 4 heteroatoms. The predicted octanol–water partition coefficient (Wildman–Crippen LogP) is 1.56. The topological polar surface area (TPSA) is 51.0 Å². The third-order valence-corrected chi connectivity index (χ3v) is 3.61. The highest BCUT2D eigenvalue weighted by Gasteiger charge is 2.24. The van der Waals surface area contributed by atoms with E-state index in [1.807, 2.05) is 0 Å². The largest absolute Gasteiger partial charge is 0.339 e. The van der Waals surface area contributed by atoms with Crippen molar-refractivity contribution in [1.29, 1.82) is 0 Å². The second kappa shape index (κ2) is 4.53. The van der Waals surface area contributed by atoms with E-state index < -0.39 is 0 Å². The normalized spacial score (nSPS) is 25.1. The number of hydrogen-bond donors (Lipinski definition) is 1. The summed E-state index contributed by atoms with van der Waals surface area (Å²) in [6, 6.07) is 0. The molecule has 1 atom stereocenters. The van der Waals surface area contributed by atoms with Crippen LogP contribution in [0.25, 0.3) is 0 Å². The van der Waals surface area contributed by atoms with Gasteiger partial charge in [-0.2, -0.15) is 4.98 Å². The lowest BCUT2D eigenvalue weighted by Crippen LogP contribution is -2.09. The smallest absolute Gasteiger partial charge is 0.226 e. The fraction of sp³-hybridized carbons (Fsp3) is 0.833. The van der Waals surface area contributed by atoms with E-state index in [9.17, 15) is 0 Å². The maximum Gasteiger partial charge on any atom is 0.226 e. The Balaban J connectivity index is 1.47. The fourth-order valence-electron chi connectivity index (χ4n) is 2.34. The second-order valence-electron chi connectivity index (χ2n) is 5.15. The van der Waals surface area contributed by atoms with Crippen LogP contribution in [0.15, 0.2) is 4.52 Å². The van der Waals surface area contributed by atoms with Gasteiger partial charge in [-0.05, 0) is 50.6 Å². The van der Waals surface area contributed by atoms with Crippen molar-refractivity contribution in [3.63, 3.8) is 0 Å². The molecule has 2 heterocycles. The van der Waals surface area contributed by atoms with Crippen LogP contribution in [-0.4, -0.2) is 23.2 Å². The number of hydrogen-bond acceptors (Lipinski definition) is 4. The fourth-order valence-corrected chi connectivity index (χ4v) is 2.34. The van der Waals surface area contributed by atoms with E-state index in [-0.39, 0.29) is 0 Å². The Morgan fingerprint density at radius 1 is 1.25 bits per heavy atom. The monoisotopic (exact) mass is 221 g/mol. The molecular formula is C12H19N3O. The molecule has 0 aromatic carbocycles. The summed E-state index contributed by atoms with van der Waals surface area (Å²) in [4.78, 5) is 4.45. The predicted molar refractivity (Wildman–Crippen MR) is 60.0 cm³/mol. The summed E-state index contributed by atoms with van der Waals surface area (Å²) in [6.45, 7) is 2.32. The summed E-state index contributed by atoms with van der Waals surface area (Å²) in [5, 5.41) is 7.42. The molecule has 1 aromatic heterocycles. The van der Waals surface area contributed by atoms with Gasteiger partial charge in [0.1, 0.15) is 0 Å². The first-order chi connectivity index (χ1) is 7.90. The lowest BCUT2D eigenvalue weighted by Gasteiger charge is -2.03. The summed E-state index contributed by atoms with van der Waals surface area (Å²) >= 11 is 0. The molecule has 1 aromatic rings. The second-order valence-corrected chi connectivity index (χ2v) is 5.15. The molecule has 0 radical (unpaired) electrons. The van der Waals surface area contributed by atoms with Gasteiger partial charge < -0.3 is 9.84 Å². The van der Waals surface area contributed by atoms with Gasteiger partial charge in [-0.3, -0.25) is 0 Å². The molecule has 0 bridgehead atoms. The van der Waals surface area contributed by atoms with Crippen LogP contribution < -0.4 is 5.32 Å². The molecule has 1 saturated carbocycles. The minimum absolute atomic E-state index is 0.804. The molecule has 0 amide bonds. The Morgan fingerprint density at radius 2 is 2.19 bits per heavy atom. The summed E-state index contributed by atoms with van der Waals surface area (Å²) in [7, 11) is 0. The molecule has 1 aliphatic carbocycles. The van der Waals surface area contributed by atoms with Crippen molar-refractivity contribution in [1.82, 2.24) is 15.5 Å². The van der Waals surface area contributed by atoms with Gasteiger partial charge in [0.2, 0.25) is 5.89 Å². The number of aryl methyl sites for hydroxylation is 1. The summed E-state index contributed by atoms with van der Waals surface area (Å²) < 4.78 is 5.27. The molecule has 1 unspecified atom stereocenters. The lowest BCUT2D eigenvalue weighted by atomic mass is 10.0. The van der Waals surface area contributed by atoms with E-state index >= 15 is 0 Å².